The van der Waals surface area contributed by atoms with Crippen molar-refractivity contribution in [3.05, 3.63) is 64.7 Å². The number of anilines is 1. The summed E-state index contributed by atoms with van der Waals surface area (Å²) in [5, 5.41) is 10.8. The number of carbonyl (C=O) groups excluding carboxylic acids is 2. The van der Waals surface area contributed by atoms with Crippen LogP contribution in [0.2, 0.25) is 0 Å². The maximum Gasteiger partial charge on any atom is 0.314 e. The molecule has 0 spiro atoms. The van der Waals surface area contributed by atoms with Crippen LogP contribution in [-0.2, 0) is 19.4 Å². The number of aliphatic hydroxyl groups is 1. The number of carbonyl (C=O) groups is 2. The molecule has 1 saturated heterocycles. The van der Waals surface area contributed by atoms with Crippen molar-refractivity contribution in [2.45, 2.75) is 25.5 Å². The van der Waals surface area contributed by atoms with Crippen LogP contribution in [0.4, 0.5) is 10.5 Å². The van der Waals surface area contributed by atoms with Gasteiger partial charge in [-0.1, -0.05) is 24.3 Å². The van der Waals surface area contributed by atoms with E-state index in [4.69, 9.17) is 5.73 Å². The number of hydrogen-bond acceptors (Lipinski definition) is 5. The van der Waals surface area contributed by atoms with Gasteiger partial charge < -0.3 is 25.5 Å². The minimum absolute atomic E-state index is 0.00520. The maximum absolute atomic E-state index is 13.1. The van der Waals surface area contributed by atoms with Gasteiger partial charge in [0.25, 0.3) is 5.91 Å². The van der Waals surface area contributed by atoms with Gasteiger partial charge >= 0.3 is 6.03 Å². The van der Waals surface area contributed by atoms with Crippen LogP contribution in [0.5, 0.6) is 0 Å². The Morgan fingerprint density at radius 1 is 0.912 bits per heavy atom. The number of aliphatic hydroxyl groups excluding tert-OH is 1. The molecule has 3 amide bonds. The van der Waals surface area contributed by atoms with E-state index < -0.39 is 6.10 Å². The van der Waals surface area contributed by atoms with Crippen molar-refractivity contribution in [1.29, 1.82) is 0 Å². The van der Waals surface area contributed by atoms with Gasteiger partial charge in [0, 0.05) is 70.2 Å². The van der Waals surface area contributed by atoms with E-state index in [2.05, 4.69) is 40.1 Å². The summed E-state index contributed by atoms with van der Waals surface area (Å²) in [5.41, 5.74) is 11.0. The molecule has 8 heteroatoms. The molecule has 3 aliphatic rings. The van der Waals surface area contributed by atoms with Crippen molar-refractivity contribution >= 4 is 17.6 Å². The lowest BCUT2D eigenvalue weighted by Gasteiger charge is -2.36. The first-order chi connectivity index (χ1) is 16.5. The number of piperazine rings is 1. The van der Waals surface area contributed by atoms with Crippen molar-refractivity contribution in [2.75, 3.05) is 57.3 Å². The molecule has 0 radical (unpaired) electrons. The van der Waals surface area contributed by atoms with Crippen molar-refractivity contribution in [2.24, 2.45) is 5.73 Å². The fourth-order valence-corrected chi connectivity index (χ4v) is 5.40. The molecule has 2 aromatic carbocycles. The van der Waals surface area contributed by atoms with Crippen molar-refractivity contribution in [3.63, 3.8) is 0 Å². The van der Waals surface area contributed by atoms with Gasteiger partial charge in [0.05, 0.1) is 6.10 Å². The van der Waals surface area contributed by atoms with Crippen LogP contribution < -0.4 is 10.6 Å². The van der Waals surface area contributed by atoms with Crippen molar-refractivity contribution in [1.82, 2.24) is 14.7 Å². The average Bonchev–Trinajstić information content (AvgIpc) is 2.85. The van der Waals surface area contributed by atoms with Crippen LogP contribution in [0.15, 0.2) is 42.5 Å². The summed E-state index contributed by atoms with van der Waals surface area (Å²) in [5.74, 6) is -0.00520. The third-order valence-electron chi connectivity index (χ3n) is 7.32. The minimum atomic E-state index is -0.573. The molecule has 34 heavy (non-hydrogen) atoms. The summed E-state index contributed by atoms with van der Waals surface area (Å²) in [6, 6.07) is 14.1. The van der Waals surface area contributed by atoms with Crippen LogP contribution in [0.25, 0.3) is 0 Å². The van der Waals surface area contributed by atoms with Gasteiger partial charge in [0.2, 0.25) is 0 Å². The first-order valence-electron chi connectivity index (χ1n) is 12.2. The number of nitrogens with zero attached hydrogens (tertiary/aromatic N) is 4. The largest absolute Gasteiger partial charge is 0.390 e. The molecule has 1 unspecified atom stereocenters. The summed E-state index contributed by atoms with van der Waals surface area (Å²) in [7, 11) is 0. The number of fused-ring (bicyclic) bond motifs is 2. The van der Waals surface area contributed by atoms with Gasteiger partial charge in [-0.2, -0.15) is 0 Å². The van der Waals surface area contributed by atoms with Crippen LogP contribution in [0.3, 0.4) is 0 Å². The van der Waals surface area contributed by atoms with Crippen LogP contribution in [-0.4, -0.2) is 90.2 Å². The molecule has 0 bridgehead atoms. The van der Waals surface area contributed by atoms with Gasteiger partial charge in [0.15, 0.2) is 0 Å². The van der Waals surface area contributed by atoms with Crippen molar-refractivity contribution in [3.8, 4) is 0 Å². The molecule has 1 fully saturated rings. The summed E-state index contributed by atoms with van der Waals surface area (Å²) in [6.45, 7) is 6.00. The number of rotatable bonds is 5. The van der Waals surface area contributed by atoms with E-state index in [1.165, 1.54) is 11.1 Å². The van der Waals surface area contributed by atoms with Crippen LogP contribution in [0.1, 0.15) is 27.0 Å². The Morgan fingerprint density at radius 2 is 1.65 bits per heavy atom. The third kappa shape index (κ3) is 4.74. The maximum atomic E-state index is 13.1. The molecule has 0 aromatic heterocycles. The highest BCUT2D eigenvalue weighted by molar-refractivity contribution is 5.97. The number of nitrogens with two attached hydrogens (primary N) is 1. The van der Waals surface area contributed by atoms with E-state index in [1.807, 2.05) is 12.1 Å². The highest BCUT2D eigenvalue weighted by Crippen LogP contribution is 2.26. The molecule has 3 N–H and O–H groups in total. The predicted octanol–water partition coefficient (Wildman–Crippen LogP) is 1.30. The molecule has 0 aliphatic carbocycles. The van der Waals surface area contributed by atoms with Gasteiger partial charge in [-0.3, -0.25) is 9.69 Å². The van der Waals surface area contributed by atoms with Crippen LogP contribution in [0, 0.1) is 0 Å². The molecular formula is C26H33N5O3. The predicted molar refractivity (Wildman–Crippen MR) is 131 cm³/mol. The number of benzene rings is 2. The Labute approximate surface area is 200 Å². The Kier molecular flexibility index (Phi) is 6.43. The highest BCUT2D eigenvalue weighted by Gasteiger charge is 2.28. The zero-order chi connectivity index (χ0) is 23.7. The Morgan fingerprint density at radius 3 is 2.41 bits per heavy atom. The smallest absolute Gasteiger partial charge is 0.314 e. The number of hydrogen-bond donors (Lipinski definition) is 2. The van der Waals surface area contributed by atoms with Gasteiger partial charge in [-0.25, -0.2) is 4.79 Å². The molecule has 3 aliphatic heterocycles. The zero-order valence-electron chi connectivity index (χ0n) is 19.5. The fourth-order valence-electron chi connectivity index (χ4n) is 5.40. The molecule has 1 atom stereocenters. The van der Waals surface area contributed by atoms with E-state index in [1.54, 1.807) is 9.80 Å². The quantitative estimate of drug-likeness (QED) is 0.697. The van der Waals surface area contributed by atoms with Gasteiger partial charge in [-0.15, -0.1) is 0 Å². The molecule has 8 nitrogen and oxygen atoms in total. The first kappa shape index (κ1) is 22.7. The molecular weight excluding hydrogens is 430 g/mol. The second-order valence-electron chi connectivity index (χ2n) is 9.56. The normalized spacial score (nSPS) is 19.6. The van der Waals surface area contributed by atoms with Gasteiger partial charge in [-0.05, 0) is 47.7 Å². The van der Waals surface area contributed by atoms with E-state index in [9.17, 15) is 14.7 Å². The zero-order valence-corrected chi connectivity index (χ0v) is 19.5. The number of primary amides is 1. The lowest BCUT2D eigenvalue weighted by atomic mass is 9.97. The number of urea groups is 1. The number of β-amino-alcohol motifs (C(OH)–C–C–N with tert-alkyl or cyclic N) is 1. The molecule has 3 heterocycles. The van der Waals surface area contributed by atoms with E-state index >= 15 is 0 Å². The first-order valence-corrected chi connectivity index (χ1v) is 12.2. The lowest BCUT2D eigenvalue weighted by Crippen LogP contribution is -2.50. The number of amides is 3. The third-order valence-corrected chi connectivity index (χ3v) is 7.32. The molecule has 2 aromatic rings. The standard InChI is InChI=1S/C26H33N5O3/c27-26(34)30-13-11-29(12-14-30)22-5-6-24-20(15-22)8-10-31(25(24)33)18-23(32)17-28-9-7-19-3-1-2-4-21(19)16-28/h1-6,15,23,32H,7-14,16-18H2,(H2,27,34). The minimum Gasteiger partial charge on any atom is -0.390 e. The lowest BCUT2D eigenvalue weighted by molar-refractivity contribution is 0.0493. The molecule has 0 saturated carbocycles. The summed E-state index contributed by atoms with van der Waals surface area (Å²) >= 11 is 0. The van der Waals surface area contributed by atoms with E-state index in [0.29, 0.717) is 32.7 Å². The average molecular weight is 464 g/mol. The van der Waals surface area contributed by atoms with E-state index in [-0.39, 0.29) is 11.9 Å². The monoisotopic (exact) mass is 463 g/mol. The molecule has 5 rings (SSSR count). The van der Waals surface area contributed by atoms with Gasteiger partial charge in [0.1, 0.15) is 0 Å². The molecule has 180 valence electrons. The second-order valence-corrected chi connectivity index (χ2v) is 9.56. The summed E-state index contributed by atoms with van der Waals surface area (Å²) in [4.78, 5) is 32.5. The fraction of sp³-hybridized carbons (Fsp3) is 0.462. The topological polar surface area (TPSA) is 93.3 Å². The highest BCUT2D eigenvalue weighted by atomic mass is 16.3. The summed E-state index contributed by atoms with van der Waals surface area (Å²) < 4.78 is 0. The van der Waals surface area contributed by atoms with Crippen LogP contribution >= 0.6 is 0 Å². The Bertz CT molecular complexity index is 1070. The van der Waals surface area contributed by atoms with Crippen molar-refractivity contribution < 1.29 is 14.7 Å². The van der Waals surface area contributed by atoms with E-state index in [0.717, 1.165) is 55.8 Å². The Hall–Kier alpha value is -3.10. The SMILES string of the molecule is NC(=O)N1CCN(c2ccc3c(c2)CCN(CC(O)CN2CCc4ccccc4C2)C3=O)CC1. The summed E-state index contributed by atoms with van der Waals surface area (Å²) in [6.07, 6.45) is 1.20. The Balaban J connectivity index is 1.17. The second kappa shape index (κ2) is 9.64.